The van der Waals surface area contributed by atoms with Crippen molar-refractivity contribution in [1.29, 1.82) is 0 Å². The highest BCUT2D eigenvalue weighted by molar-refractivity contribution is 5.73. The van der Waals surface area contributed by atoms with Crippen LogP contribution < -0.4 is 5.32 Å². The van der Waals surface area contributed by atoms with Crippen molar-refractivity contribution in [3.8, 4) is 0 Å². The molecule has 0 aromatic heterocycles. The second-order valence-corrected chi connectivity index (χ2v) is 5.46. The zero-order valence-corrected chi connectivity index (χ0v) is 12.1. The second kappa shape index (κ2) is 6.31. The minimum atomic E-state index is -1.30. The molecule has 2 aliphatic rings. The predicted molar refractivity (Wildman–Crippen MR) is 74.5 cm³/mol. The highest BCUT2D eigenvalue weighted by atomic mass is 16.7. The van der Waals surface area contributed by atoms with E-state index in [1.807, 2.05) is 30.3 Å². The Morgan fingerprint density at radius 2 is 1.95 bits per heavy atom. The van der Waals surface area contributed by atoms with Crippen LogP contribution in [0, 0.1) is 0 Å². The van der Waals surface area contributed by atoms with E-state index in [2.05, 4.69) is 5.32 Å². The van der Waals surface area contributed by atoms with E-state index < -0.39 is 36.9 Å². The lowest BCUT2D eigenvalue weighted by atomic mass is 9.96. The van der Waals surface area contributed by atoms with Crippen LogP contribution in [0.25, 0.3) is 0 Å². The van der Waals surface area contributed by atoms with Crippen LogP contribution in [0.3, 0.4) is 0 Å². The molecule has 0 saturated carbocycles. The van der Waals surface area contributed by atoms with Crippen LogP contribution in [-0.2, 0) is 19.0 Å². The molecule has 7 nitrogen and oxygen atoms in total. The van der Waals surface area contributed by atoms with E-state index in [0.717, 1.165) is 5.56 Å². The first kappa shape index (κ1) is 15.4. The maximum Gasteiger partial charge on any atom is 0.217 e. The third-order valence-corrected chi connectivity index (χ3v) is 3.83. The van der Waals surface area contributed by atoms with Gasteiger partial charge in [0.25, 0.3) is 0 Å². The number of hydrogen-bond acceptors (Lipinski definition) is 6. The minimum absolute atomic E-state index is 0.186. The summed E-state index contributed by atoms with van der Waals surface area (Å²) < 4.78 is 16.8. The smallest absolute Gasteiger partial charge is 0.217 e. The maximum absolute atomic E-state index is 11.2. The van der Waals surface area contributed by atoms with Gasteiger partial charge < -0.3 is 29.7 Å². The van der Waals surface area contributed by atoms with Gasteiger partial charge in [-0.3, -0.25) is 4.79 Å². The second-order valence-electron chi connectivity index (χ2n) is 5.46. The SMILES string of the molecule is CC(=O)N[C@@H]1[C@@H](O)[C@H]2O[C@@H](c3ccccc3)OC[C@@H]2O[C@@H]1O. The van der Waals surface area contributed by atoms with E-state index in [-0.39, 0.29) is 12.5 Å². The molecule has 0 radical (unpaired) electrons. The van der Waals surface area contributed by atoms with Crippen molar-refractivity contribution in [2.45, 2.75) is 43.9 Å². The number of carbonyl (C=O) groups is 1. The normalized spacial score (nSPS) is 38.1. The number of nitrogens with one attached hydrogen (secondary N) is 1. The highest BCUT2D eigenvalue weighted by Gasteiger charge is 2.49. The molecule has 0 aliphatic carbocycles. The summed E-state index contributed by atoms with van der Waals surface area (Å²) in [4.78, 5) is 11.2. The van der Waals surface area contributed by atoms with Crippen molar-refractivity contribution in [2.75, 3.05) is 6.61 Å². The molecular formula is C15H19NO6. The van der Waals surface area contributed by atoms with Gasteiger partial charge in [0.1, 0.15) is 24.4 Å². The molecule has 1 amide bonds. The number of amides is 1. The minimum Gasteiger partial charge on any atom is -0.388 e. The third-order valence-electron chi connectivity index (χ3n) is 3.83. The standard InChI is InChI=1S/C15H19NO6/c1-8(17)16-11-12(18)13-10(21-14(11)19)7-20-15(22-13)9-5-3-2-4-6-9/h2-6,10-15,18-19H,7H2,1H3,(H,16,17)/t10-,11+,12+,13-,14-,15-/m0/s1. The molecule has 2 fully saturated rings. The van der Waals surface area contributed by atoms with Crippen LogP contribution in [0.1, 0.15) is 18.8 Å². The fourth-order valence-corrected chi connectivity index (χ4v) is 2.78. The molecule has 1 aromatic rings. The van der Waals surface area contributed by atoms with Gasteiger partial charge in [-0.25, -0.2) is 0 Å². The Hall–Kier alpha value is -1.51. The van der Waals surface area contributed by atoms with Gasteiger partial charge in [-0.2, -0.15) is 0 Å². The monoisotopic (exact) mass is 309 g/mol. The zero-order chi connectivity index (χ0) is 15.7. The van der Waals surface area contributed by atoms with Gasteiger partial charge in [-0.15, -0.1) is 0 Å². The molecular weight excluding hydrogens is 290 g/mol. The van der Waals surface area contributed by atoms with Crippen LogP contribution in [0.2, 0.25) is 0 Å². The molecule has 2 heterocycles. The highest BCUT2D eigenvalue weighted by Crippen LogP contribution is 2.33. The van der Waals surface area contributed by atoms with Crippen molar-refractivity contribution in [3.05, 3.63) is 35.9 Å². The summed E-state index contributed by atoms with van der Waals surface area (Å²) in [6.07, 6.45) is -4.29. The average Bonchev–Trinajstić information content (AvgIpc) is 2.52. The van der Waals surface area contributed by atoms with Crippen LogP contribution in [0.15, 0.2) is 30.3 Å². The molecule has 120 valence electrons. The third kappa shape index (κ3) is 2.99. The lowest BCUT2D eigenvalue weighted by molar-refractivity contribution is -0.337. The molecule has 0 unspecified atom stereocenters. The molecule has 1 aromatic carbocycles. The van der Waals surface area contributed by atoms with Crippen molar-refractivity contribution in [3.63, 3.8) is 0 Å². The summed E-state index contributed by atoms with van der Waals surface area (Å²) >= 11 is 0. The molecule has 2 aliphatic heterocycles. The van der Waals surface area contributed by atoms with Crippen molar-refractivity contribution in [1.82, 2.24) is 5.32 Å². The van der Waals surface area contributed by atoms with Gasteiger partial charge >= 0.3 is 0 Å². The van der Waals surface area contributed by atoms with E-state index in [9.17, 15) is 15.0 Å². The van der Waals surface area contributed by atoms with Gasteiger partial charge in [0.05, 0.1) is 6.61 Å². The van der Waals surface area contributed by atoms with Crippen LogP contribution in [0.5, 0.6) is 0 Å². The fourth-order valence-electron chi connectivity index (χ4n) is 2.78. The van der Waals surface area contributed by atoms with Crippen molar-refractivity contribution >= 4 is 5.91 Å². The number of carbonyl (C=O) groups excluding carboxylic acids is 1. The Morgan fingerprint density at radius 1 is 1.23 bits per heavy atom. The lowest BCUT2D eigenvalue weighted by Crippen LogP contribution is -2.66. The molecule has 0 spiro atoms. The van der Waals surface area contributed by atoms with E-state index in [1.165, 1.54) is 6.92 Å². The molecule has 6 atom stereocenters. The number of rotatable bonds is 2. The number of fused-ring (bicyclic) bond motifs is 1. The number of ether oxygens (including phenoxy) is 3. The molecule has 22 heavy (non-hydrogen) atoms. The number of aliphatic hydroxyl groups is 2. The van der Waals surface area contributed by atoms with Gasteiger partial charge in [0.2, 0.25) is 5.91 Å². The molecule has 0 bridgehead atoms. The fraction of sp³-hybridized carbons (Fsp3) is 0.533. The molecule has 3 N–H and O–H groups in total. The Labute approximate surface area is 127 Å². The first-order chi connectivity index (χ1) is 10.6. The van der Waals surface area contributed by atoms with Crippen molar-refractivity contribution < 1.29 is 29.2 Å². The Morgan fingerprint density at radius 3 is 2.64 bits per heavy atom. The Balaban J connectivity index is 1.75. The van der Waals surface area contributed by atoms with E-state index in [4.69, 9.17) is 14.2 Å². The average molecular weight is 309 g/mol. The summed E-state index contributed by atoms with van der Waals surface area (Å²) in [7, 11) is 0. The number of hydrogen-bond donors (Lipinski definition) is 3. The van der Waals surface area contributed by atoms with Crippen LogP contribution >= 0.6 is 0 Å². The summed E-state index contributed by atoms with van der Waals surface area (Å²) in [5, 5.41) is 22.8. The van der Waals surface area contributed by atoms with Gasteiger partial charge in [-0.05, 0) is 0 Å². The summed E-state index contributed by atoms with van der Waals surface area (Å²) in [6, 6.07) is 8.41. The largest absolute Gasteiger partial charge is 0.388 e. The van der Waals surface area contributed by atoms with Crippen molar-refractivity contribution in [2.24, 2.45) is 0 Å². The topological polar surface area (TPSA) is 97.3 Å². The predicted octanol–water partition coefficient (Wildman–Crippen LogP) is -0.317. The Kier molecular flexibility index (Phi) is 4.42. The van der Waals surface area contributed by atoms with E-state index in [1.54, 1.807) is 0 Å². The maximum atomic E-state index is 11.2. The van der Waals surface area contributed by atoms with E-state index >= 15 is 0 Å². The van der Waals surface area contributed by atoms with Gasteiger partial charge in [0.15, 0.2) is 12.6 Å². The summed E-state index contributed by atoms with van der Waals surface area (Å²) in [5.74, 6) is -0.364. The molecule has 2 saturated heterocycles. The van der Waals surface area contributed by atoms with Gasteiger partial charge in [-0.1, -0.05) is 30.3 Å². The van der Waals surface area contributed by atoms with Crippen LogP contribution in [0.4, 0.5) is 0 Å². The molecule has 3 rings (SSSR count). The first-order valence-corrected chi connectivity index (χ1v) is 7.17. The quantitative estimate of drug-likeness (QED) is 0.693. The van der Waals surface area contributed by atoms with E-state index in [0.29, 0.717) is 0 Å². The Bertz CT molecular complexity index is 524. The number of benzene rings is 1. The summed E-state index contributed by atoms with van der Waals surface area (Å²) in [5.41, 5.74) is 0.829. The zero-order valence-electron chi connectivity index (χ0n) is 12.1. The first-order valence-electron chi connectivity index (χ1n) is 7.17. The summed E-state index contributed by atoms with van der Waals surface area (Å²) in [6.45, 7) is 1.49. The van der Waals surface area contributed by atoms with Gasteiger partial charge in [0, 0.05) is 12.5 Å². The van der Waals surface area contributed by atoms with Crippen LogP contribution in [-0.4, -0.2) is 53.4 Å². The molecule has 7 heteroatoms. The lowest BCUT2D eigenvalue weighted by Gasteiger charge is -2.46. The number of aliphatic hydroxyl groups excluding tert-OH is 2.